The van der Waals surface area contributed by atoms with Gasteiger partial charge < -0.3 is 19.1 Å². The fraction of sp³-hybridized carbons (Fsp3) is 0.556. The molecule has 0 bridgehead atoms. The van der Waals surface area contributed by atoms with Gasteiger partial charge in [-0.1, -0.05) is 0 Å². The van der Waals surface area contributed by atoms with E-state index in [1.807, 2.05) is 13.8 Å². The Morgan fingerprint density at radius 1 is 1.16 bits per heavy atom. The van der Waals surface area contributed by atoms with Gasteiger partial charge in [0, 0.05) is 24.7 Å². The molecule has 1 aromatic carbocycles. The SMILES string of the molecule is CCN(CC)C(=O)COc1cc(F)c(CC(=O)OC(C)C)cc1OC. The van der Waals surface area contributed by atoms with E-state index < -0.39 is 11.8 Å². The molecular formula is C18H26FNO5. The van der Waals surface area contributed by atoms with E-state index in [4.69, 9.17) is 14.2 Å². The predicted octanol–water partition coefficient (Wildman–Crippen LogP) is 2.58. The number of likely N-dealkylation sites (N-methyl/N-ethyl adjacent to an activating group) is 1. The van der Waals surface area contributed by atoms with Gasteiger partial charge in [-0.15, -0.1) is 0 Å². The predicted molar refractivity (Wildman–Crippen MR) is 91.3 cm³/mol. The van der Waals surface area contributed by atoms with E-state index >= 15 is 0 Å². The molecule has 0 heterocycles. The van der Waals surface area contributed by atoms with Crippen molar-refractivity contribution in [3.63, 3.8) is 0 Å². The number of benzene rings is 1. The summed E-state index contributed by atoms with van der Waals surface area (Å²) < 4.78 is 29.8. The van der Waals surface area contributed by atoms with Crippen molar-refractivity contribution in [3.05, 3.63) is 23.5 Å². The standard InChI is InChI=1S/C18H26FNO5/c1-6-20(7-2)17(21)11-24-16-10-14(19)13(8-15(16)23-5)9-18(22)25-12(3)4/h8,10,12H,6-7,9,11H2,1-5H3. The first-order chi connectivity index (χ1) is 11.8. The summed E-state index contributed by atoms with van der Waals surface area (Å²) in [6, 6.07) is 2.50. The molecule has 0 aliphatic rings. The van der Waals surface area contributed by atoms with Crippen molar-refractivity contribution in [2.75, 3.05) is 26.8 Å². The maximum absolute atomic E-state index is 14.2. The van der Waals surface area contributed by atoms with Gasteiger partial charge in [-0.05, 0) is 33.8 Å². The van der Waals surface area contributed by atoms with Crippen LogP contribution >= 0.6 is 0 Å². The number of rotatable bonds is 9. The van der Waals surface area contributed by atoms with Crippen molar-refractivity contribution in [3.8, 4) is 11.5 Å². The highest BCUT2D eigenvalue weighted by Crippen LogP contribution is 2.30. The van der Waals surface area contributed by atoms with Gasteiger partial charge in [0.2, 0.25) is 0 Å². The van der Waals surface area contributed by atoms with Gasteiger partial charge in [-0.25, -0.2) is 4.39 Å². The molecule has 0 aromatic heterocycles. The molecule has 0 N–H and O–H groups in total. The number of ether oxygens (including phenoxy) is 3. The summed E-state index contributed by atoms with van der Waals surface area (Å²) in [5.41, 5.74) is 0.143. The average molecular weight is 355 g/mol. The normalized spacial score (nSPS) is 10.5. The lowest BCUT2D eigenvalue weighted by molar-refractivity contribution is -0.146. The number of amides is 1. The molecule has 0 aliphatic heterocycles. The van der Waals surface area contributed by atoms with E-state index in [0.29, 0.717) is 13.1 Å². The molecule has 1 aromatic rings. The van der Waals surface area contributed by atoms with Crippen molar-refractivity contribution in [1.29, 1.82) is 0 Å². The molecule has 0 spiro atoms. The molecule has 0 unspecified atom stereocenters. The molecular weight excluding hydrogens is 329 g/mol. The summed E-state index contributed by atoms with van der Waals surface area (Å²) >= 11 is 0. The summed E-state index contributed by atoms with van der Waals surface area (Å²) in [6.07, 6.45) is -0.481. The minimum atomic E-state index is -0.619. The zero-order valence-corrected chi connectivity index (χ0v) is 15.4. The second-order valence-corrected chi connectivity index (χ2v) is 5.66. The van der Waals surface area contributed by atoms with Gasteiger partial charge in [-0.2, -0.15) is 0 Å². The Hall–Kier alpha value is -2.31. The smallest absolute Gasteiger partial charge is 0.310 e. The van der Waals surface area contributed by atoms with Crippen LogP contribution in [0.5, 0.6) is 11.5 Å². The van der Waals surface area contributed by atoms with Gasteiger partial charge in [-0.3, -0.25) is 9.59 Å². The lowest BCUT2D eigenvalue weighted by Gasteiger charge is -2.19. The number of nitrogens with zero attached hydrogens (tertiary/aromatic N) is 1. The average Bonchev–Trinajstić information content (AvgIpc) is 2.55. The van der Waals surface area contributed by atoms with Gasteiger partial charge >= 0.3 is 5.97 Å². The molecule has 7 heteroatoms. The molecule has 6 nitrogen and oxygen atoms in total. The van der Waals surface area contributed by atoms with Crippen LogP contribution in [0, 0.1) is 5.82 Å². The number of halogens is 1. The van der Waals surface area contributed by atoms with Crippen molar-refractivity contribution in [2.24, 2.45) is 0 Å². The van der Waals surface area contributed by atoms with Crippen LogP contribution in [0.3, 0.4) is 0 Å². The van der Waals surface area contributed by atoms with Gasteiger partial charge in [0.15, 0.2) is 18.1 Å². The van der Waals surface area contributed by atoms with Crippen LogP contribution in [0.25, 0.3) is 0 Å². The maximum atomic E-state index is 14.2. The van der Waals surface area contributed by atoms with Crippen LogP contribution in [0.1, 0.15) is 33.3 Å². The number of hydrogen-bond donors (Lipinski definition) is 0. The lowest BCUT2D eigenvalue weighted by atomic mass is 10.1. The Kier molecular flexibility index (Phi) is 8.18. The Morgan fingerprint density at radius 2 is 1.80 bits per heavy atom. The third-order valence-corrected chi connectivity index (χ3v) is 3.50. The van der Waals surface area contributed by atoms with E-state index in [2.05, 4.69) is 0 Å². The quantitative estimate of drug-likeness (QED) is 0.637. The Bertz CT molecular complexity index is 599. The number of methoxy groups -OCH3 is 1. The van der Waals surface area contributed by atoms with Crippen molar-refractivity contribution in [2.45, 2.75) is 40.2 Å². The topological polar surface area (TPSA) is 65.1 Å². The highest BCUT2D eigenvalue weighted by molar-refractivity contribution is 5.78. The Labute approximate surface area is 147 Å². The monoisotopic (exact) mass is 355 g/mol. The zero-order valence-electron chi connectivity index (χ0n) is 15.4. The van der Waals surface area contributed by atoms with E-state index in [1.54, 1.807) is 18.7 Å². The number of carbonyl (C=O) groups is 2. The minimum absolute atomic E-state index is 0.112. The van der Waals surface area contributed by atoms with Crippen LogP contribution in [0.15, 0.2) is 12.1 Å². The fourth-order valence-corrected chi connectivity index (χ4v) is 2.25. The molecule has 0 saturated carbocycles. The van der Waals surface area contributed by atoms with Gasteiger partial charge in [0.25, 0.3) is 5.91 Å². The highest BCUT2D eigenvalue weighted by atomic mass is 19.1. The summed E-state index contributed by atoms with van der Waals surface area (Å²) in [5, 5.41) is 0. The molecule has 0 fully saturated rings. The second kappa shape index (κ2) is 9.86. The first-order valence-corrected chi connectivity index (χ1v) is 8.28. The first kappa shape index (κ1) is 20.7. The zero-order chi connectivity index (χ0) is 19.0. The van der Waals surface area contributed by atoms with Crippen LogP contribution < -0.4 is 9.47 Å². The first-order valence-electron chi connectivity index (χ1n) is 8.28. The largest absolute Gasteiger partial charge is 0.493 e. The van der Waals surface area contributed by atoms with E-state index in [1.165, 1.54) is 13.2 Å². The second-order valence-electron chi connectivity index (χ2n) is 5.66. The fourth-order valence-electron chi connectivity index (χ4n) is 2.25. The summed E-state index contributed by atoms with van der Waals surface area (Å²) in [4.78, 5) is 25.3. The van der Waals surface area contributed by atoms with Crippen molar-refractivity contribution < 1.29 is 28.2 Å². The van der Waals surface area contributed by atoms with E-state index in [0.717, 1.165) is 6.07 Å². The van der Waals surface area contributed by atoms with E-state index in [9.17, 15) is 14.0 Å². The van der Waals surface area contributed by atoms with Gasteiger partial charge in [0.1, 0.15) is 5.82 Å². The third kappa shape index (κ3) is 6.25. The molecule has 1 amide bonds. The Morgan fingerprint density at radius 3 is 2.32 bits per heavy atom. The van der Waals surface area contributed by atoms with Gasteiger partial charge in [0.05, 0.1) is 19.6 Å². The number of esters is 1. The van der Waals surface area contributed by atoms with Crippen LogP contribution in [0.4, 0.5) is 4.39 Å². The molecule has 0 atom stereocenters. The number of carbonyl (C=O) groups excluding carboxylic acids is 2. The van der Waals surface area contributed by atoms with Crippen molar-refractivity contribution >= 4 is 11.9 Å². The molecule has 0 saturated heterocycles. The van der Waals surface area contributed by atoms with E-state index in [-0.39, 0.29) is 42.1 Å². The van der Waals surface area contributed by atoms with Crippen molar-refractivity contribution in [1.82, 2.24) is 4.90 Å². The van der Waals surface area contributed by atoms with Crippen LogP contribution in [-0.4, -0.2) is 49.7 Å². The molecule has 1 rings (SSSR count). The summed E-state index contributed by atoms with van der Waals surface area (Å²) in [5.74, 6) is -0.979. The third-order valence-electron chi connectivity index (χ3n) is 3.50. The highest BCUT2D eigenvalue weighted by Gasteiger charge is 2.17. The maximum Gasteiger partial charge on any atom is 0.310 e. The Balaban J connectivity index is 2.87. The lowest BCUT2D eigenvalue weighted by Crippen LogP contribution is -2.34. The van der Waals surface area contributed by atoms with Crippen LogP contribution in [0.2, 0.25) is 0 Å². The molecule has 0 aliphatic carbocycles. The molecule has 25 heavy (non-hydrogen) atoms. The molecule has 0 radical (unpaired) electrons. The number of hydrogen-bond acceptors (Lipinski definition) is 5. The summed E-state index contributed by atoms with van der Waals surface area (Å²) in [7, 11) is 1.41. The minimum Gasteiger partial charge on any atom is -0.493 e. The molecule has 140 valence electrons. The summed E-state index contributed by atoms with van der Waals surface area (Å²) in [6.45, 7) is 8.10. The van der Waals surface area contributed by atoms with Crippen LogP contribution in [-0.2, 0) is 20.7 Å².